The van der Waals surface area contributed by atoms with E-state index in [-0.39, 0.29) is 0 Å². The maximum Gasteiger partial charge on any atom is 0.328 e. The van der Waals surface area contributed by atoms with Gasteiger partial charge in [0.2, 0.25) is 0 Å². The number of aliphatic carboxylic acids is 2. The topological polar surface area (TPSA) is 117 Å². The van der Waals surface area contributed by atoms with Crippen molar-refractivity contribution in [2.75, 3.05) is 39.4 Å². The number of benzene rings is 2. The number of hydrogen-bond donors (Lipinski definition) is 4. The summed E-state index contributed by atoms with van der Waals surface area (Å²) in [6.07, 6.45) is 6.41. The highest BCUT2D eigenvalue weighted by atomic mass is 16.5. The lowest BCUT2D eigenvalue weighted by Gasteiger charge is -2.23. The largest absolute Gasteiger partial charge is 0.478 e. The van der Waals surface area contributed by atoms with Crippen LogP contribution in [0.3, 0.4) is 0 Å². The summed E-state index contributed by atoms with van der Waals surface area (Å²) < 4.78 is 11.4. The molecule has 0 saturated carbocycles. The molecule has 2 atom stereocenters. The van der Waals surface area contributed by atoms with Gasteiger partial charge >= 0.3 is 11.9 Å². The Morgan fingerprint density at radius 3 is 1.47 bits per heavy atom. The monoisotopic (exact) mass is 526 g/mol. The fraction of sp³-hybridized carbons (Fsp3) is 0.467. The van der Waals surface area contributed by atoms with Crippen molar-refractivity contribution >= 4 is 11.9 Å². The van der Waals surface area contributed by atoms with Crippen LogP contribution in [0.5, 0.6) is 0 Å². The van der Waals surface area contributed by atoms with Crippen molar-refractivity contribution in [1.29, 1.82) is 0 Å². The number of morpholine rings is 2. The number of carbonyl (C=O) groups is 2. The van der Waals surface area contributed by atoms with Gasteiger partial charge in [0, 0.05) is 38.3 Å². The van der Waals surface area contributed by atoms with E-state index < -0.39 is 11.9 Å². The van der Waals surface area contributed by atoms with Crippen LogP contribution < -0.4 is 10.6 Å². The summed E-state index contributed by atoms with van der Waals surface area (Å²) in [6, 6.07) is 17.2. The standard InChI is InChI=1S/2C13H19NO.C4H4O4/c2*1-11-4-2-3-5-12(11)6-7-13-10-14-8-9-15-13;5-3(6)1-2-4(7)8/h2*2-5,13-14H,6-10H2,1H3;1-2H,(H,5,6)(H,7,8)/b;;2-1+. The molecular weight excluding hydrogens is 484 g/mol. The minimum absolute atomic E-state index is 0.401. The Morgan fingerprint density at radius 2 is 1.16 bits per heavy atom. The van der Waals surface area contributed by atoms with E-state index in [1.165, 1.54) is 22.3 Å². The lowest BCUT2D eigenvalue weighted by molar-refractivity contribution is -0.134. The molecule has 2 saturated heterocycles. The molecule has 2 aromatic carbocycles. The van der Waals surface area contributed by atoms with Crippen LogP contribution in [0, 0.1) is 13.8 Å². The molecule has 0 aliphatic carbocycles. The van der Waals surface area contributed by atoms with Gasteiger partial charge in [-0.15, -0.1) is 0 Å². The third-order valence-electron chi connectivity index (χ3n) is 6.37. The summed E-state index contributed by atoms with van der Waals surface area (Å²) in [6.45, 7) is 10.1. The van der Waals surface area contributed by atoms with Crippen LogP contribution in [0.1, 0.15) is 35.1 Å². The van der Waals surface area contributed by atoms with Crippen molar-refractivity contribution in [2.24, 2.45) is 0 Å². The Labute approximate surface area is 226 Å². The SMILES string of the molecule is Cc1ccccc1CCC1CNCCO1.Cc1ccccc1CCC1CNCCO1.O=C(O)/C=C/C(=O)O. The Kier molecular flexibility index (Phi) is 15.0. The smallest absolute Gasteiger partial charge is 0.328 e. The van der Waals surface area contributed by atoms with Crippen LogP contribution in [0.4, 0.5) is 0 Å². The van der Waals surface area contributed by atoms with Gasteiger partial charge < -0.3 is 30.3 Å². The van der Waals surface area contributed by atoms with Crippen molar-refractivity contribution in [3.63, 3.8) is 0 Å². The molecule has 0 amide bonds. The fourth-order valence-corrected chi connectivity index (χ4v) is 4.17. The first kappa shape index (κ1) is 31.2. The van der Waals surface area contributed by atoms with E-state index in [0.717, 1.165) is 65.1 Å². The van der Waals surface area contributed by atoms with Gasteiger partial charge in [-0.05, 0) is 61.8 Å². The highest BCUT2D eigenvalue weighted by molar-refractivity contribution is 5.89. The van der Waals surface area contributed by atoms with Crippen molar-refractivity contribution in [3.8, 4) is 0 Å². The molecule has 0 spiro atoms. The van der Waals surface area contributed by atoms with Gasteiger partial charge in [-0.3, -0.25) is 0 Å². The van der Waals surface area contributed by atoms with E-state index in [1.54, 1.807) is 0 Å². The van der Waals surface area contributed by atoms with Gasteiger partial charge in [0.1, 0.15) is 0 Å². The van der Waals surface area contributed by atoms with E-state index >= 15 is 0 Å². The summed E-state index contributed by atoms with van der Waals surface area (Å²) in [7, 11) is 0. The first-order valence-electron chi connectivity index (χ1n) is 13.2. The van der Waals surface area contributed by atoms with E-state index in [4.69, 9.17) is 19.7 Å². The second-order valence-electron chi connectivity index (χ2n) is 9.33. The van der Waals surface area contributed by atoms with Crippen molar-refractivity contribution in [2.45, 2.75) is 51.7 Å². The number of aryl methyl sites for hydroxylation is 4. The van der Waals surface area contributed by atoms with E-state index in [0.29, 0.717) is 24.4 Å². The number of nitrogens with one attached hydrogen (secondary N) is 2. The number of hydrogen-bond acceptors (Lipinski definition) is 6. The molecule has 8 heteroatoms. The van der Waals surface area contributed by atoms with Gasteiger partial charge in [-0.2, -0.15) is 0 Å². The molecule has 2 aromatic rings. The molecule has 8 nitrogen and oxygen atoms in total. The third-order valence-corrected chi connectivity index (χ3v) is 6.37. The van der Waals surface area contributed by atoms with Crippen LogP contribution in [0.15, 0.2) is 60.7 Å². The maximum atomic E-state index is 9.55. The second-order valence-corrected chi connectivity index (χ2v) is 9.33. The van der Waals surface area contributed by atoms with E-state index in [1.807, 2.05) is 0 Å². The van der Waals surface area contributed by atoms with Gasteiger partial charge in [0.15, 0.2) is 0 Å². The van der Waals surface area contributed by atoms with Crippen LogP contribution in [-0.2, 0) is 31.9 Å². The molecular formula is C30H42N2O6. The summed E-state index contributed by atoms with van der Waals surface area (Å²) in [5, 5.41) is 22.3. The van der Waals surface area contributed by atoms with E-state index in [2.05, 4.69) is 73.0 Å². The molecule has 208 valence electrons. The van der Waals surface area contributed by atoms with Crippen molar-refractivity contribution < 1.29 is 29.3 Å². The predicted octanol–water partition coefficient (Wildman–Crippen LogP) is 3.54. The van der Waals surface area contributed by atoms with Crippen LogP contribution in [0.25, 0.3) is 0 Å². The van der Waals surface area contributed by atoms with E-state index in [9.17, 15) is 9.59 Å². The maximum absolute atomic E-state index is 9.55. The zero-order valence-corrected chi connectivity index (χ0v) is 22.5. The minimum atomic E-state index is -1.26. The Hall–Kier alpha value is -3.04. The van der Waals surface area contributed by atoms with Crippen LogP contribution in [-0.4, -0.2) is 73.8 Å². The Balaban J connectivity index is 0.000000211. The number of carboxylic acid groups (broad SMARTS) is 2. The Morgan fingerprint density at radius 1 is 0.763 bits per heavy atom. The predicted molar refractivity (Wildman–Crippen MR) is 149 cm³/mol. The average Bonchev–Trinajstić information content (AvgIpc) is 2.93. The highest BCUT2D eigenvalue weighted by Gasteiger charge is 2.14. The molecule has 4 N–H and O–H groups in total. The van der Waals surface area contributed by atoms with Crippen molar-refractivity contribution in [3.05, 3.63) is 82.9 Å². The molecule has 0 radical (unpaired) electrons. The third kappa shape index (κ3) is 13.5. The summed E-state index contributed by atoms with van der Waals surface area (Å²) in [5.41, 5.74) is 5.68. The zero-order chi connectivity index (χ0) is 27.6. The molecule has 2 aliphatic heterocycles. The summed E-state index contributed by atoms with van der Waals surface area (Å²) >= 11 is 0. The normalized spacial score (nSPS) is 19.0. The summed E-state index contributed by atoms with van der Waals surface area (Å²) in [4.78, 5) is 19.1. The van der Waals surface area contributed by atoms with Crippen molar-refractivity contribution in [1.82, 2.24) is 10.6 Å². The number of rotatable bonds is 8. The molecule has 4 rings (SSSR count). The molecule has 0 aromatic heterocycles. The Bertz CT molecular complexity index is 918. The highest BCUT2D eigenvalue weighted by Crippen LogP contribution is 2.13. The zero-order valence-electron chi connectivity index (χ0n) is 22.5. The molecule has 2 aliphatic rings. The first-order valence-corrected chi connectivity index (χ1v) is 13.2. The molecule has 38 heavy (non-hydrogen) atoms. The van der Waals surface area contributed by atoms with Gasteiger partial charge in [-0.25, -0.2) is 9.59 Å². The van der Waals surface area contributed by atoms with Gasteiger partial charge in [-0.1, -0.05) is 48.5 Å². The van der Waals surface area contributed by atoms with Gasteiger partial charge in [0.25, 0.3) is 0 Å². The first-order chi connectivity index (χ1) is 18.3. The molecule has 2 fully saturated rings. The van der Waals surface area contributed by atoms with Crippen LogP contribution in [0.2, 0.25) is 0 Å². The quantitative estimate of drug-likeness (QED) is 0.386. The molecule has 0 bridgehead atoms. The average molecular weight is 527 g/mol. The second kappa shape index (κ2) is 18.3. The minimum Gasteiger partial charge on any atom is -0.478 e. The molecule has 2 unspecified atom stereocenters. The fourth-order valence-electron chi connectivity index (χ4n) is 4.17. The van der Waals surface area contributed by atoms with Gasteiger partial charge in [0.05, 0.1) is 25.4 Å². The summed E-state index contributed by atoms with van der Waals surface area (Å²) in [5.74, 6) is -2.51. The lowest BCUT2D eigenvalue weighted by Crippen LogP contribution is -2.38. The lowest BCUT2D eigenvalue weighted by atomic mass is 10.0. The number of ether oxygens (including phenoxy) is 2. The van der Waals surface area contributed by atoms with Crippen LogP contribution >= 0.6 is 0 Å². The number of carboxylic acids is 2. The molecule has 2 heterocycles.